The van der Waals surface area contributed by atoms with Gasteiger partial charge in [-0.3, -0.25) is 4.79 Å². The lowest BCUT2D eigenvalue weighted by atomic mass is 10.1. The van der Waals surface area contributed by atoms with E-state index in [1.54, 1.807) is 12.1 Å². The molecule has 1 atom stereocenters. The van der Waals surface area contributed by atoms with E-state index >= 15 is 0 Å². The molecule has 0 unspecified atom stereocenters. The Kier molecular flexibility index (Phi) is 6.49. The Bertz CT molecular complexity index is 1070. The smallest absolute Gasteiger partial charge is 0.279 e. The van der Waals surface area contributed by atoms with Crippen molar-refractivity contribution < 1.29 is 8.78 Å². The summed E-state index contributed by atoms with van der Waals surface area (Å²) < 4.78 is 28.8. The van der Waals surface area contributed by atoms with Gasteiger partial charge in [-0.1, -0.05) is 24.6 Å². The van der Waals surface area contributed by atoms with E-state index in [2.05, 4.69) is 15.3 Å². The number of anilines is 1. The molecule has 1 saturated heterocycles. The fourth-order valence-electron chi connectivity index (χ4n) is 3.79. The first-order chi connectivity index (χ1) is 13.6. The Balaban J connectivity index is 0.00000240. The average molecular weight is 421 g/mol. The molecule has 29 heavy (non-hydrogen) atoms. The highest BCUT2D eigenvalue weighted by molar-refractivity contribution is 5.91. The summed E-state index contributed by atoms with van der Waals surface area (Å²) in [5, 5.41) is 9.06. The molecule has 0 bridgehead atoms. The maximum Gasteiger partial charge on any atom is 0.279 e. The minimum atomic E-state index is -0.820. The quantitative estimate of drug-likeness (QED) is 0.702. The number of halogens is 3. The Morgan fingerprint density at radius 1 is 1.10 bits per heavy atom. The van der Waals surface area contributed by atoms with Crippen LogP contribution in [0.4, 0.5) is 14.6 Å². The van der Waals surface area contributed by atoms with Gasteiger partial charge in [0.15, 0.2) is 11.6 Å². The Labute approximate surface area is 173 Å². The highest BCUT2D eigenvalue weighted by Crippen LogP contribution is 2.26. The monoisotopic (exact) mass is 420 g/mol. The van der Waals surface area contributed by atoms with Crippen LogP contribution in [-0.2, 0) is 0 Å². The molecule has 2 aromatic carbocycles. The van der Waals surface area contributed by atoms with Crippen LogP contribution in [0, 0.1) is 11.6 Å². The van der Waals surface area contributed by atoms with Crippen LogP contribution < -0.4 is 15.8 Å². The number of hydrogen-bond donors (Lipinski definition) is 1. The fourth-order valence-corrected chi connectivity index (χ4v) is 3.79. The predicted molar refractivity (Wildman–Crippen MR) is 113 cm³/mol. The zero-order chi connectivity index (χ0) is 19.7. The van der Waals surface area contributed by atoms with Gasteiger partial charge in [-0.05, 0) is 38.1 Å². The molecule has 3 aromatic rings. The molecule has 0 amide bonds. The predicted octanol–water partition coefficient (Wildman–Crippen LogP) is 3.66. The Hall–Kier alpha value is -2.51. The van der Waals surface area contributed by atoms with Crippen molar-refractivity contribution in [3.8, 4) is 5.69 Å². The highest BCUT2D eigenvalue weighted by Gasteiger charge is 2.22. The minimum absolute atomic E-state index is 0. The first-order valence-corrected chi connectivity index (χ1v) is 9.48. The van der Waals surface area contributed by atoms with Crippen molar-refractivity contribution in [1.82, 2.24) is 15.1 Å². The van der Waals surface area contributed by atoms with Crippen LogP contribution in [0.15, 0.2) is 47.3 Å². The van der Waals surface area contributed by atoms with Crippen molar-refractivity contribution >= 4 is 29.0 Å². The minimum Gasteiger partial charge on any atom is -0.353 e. The van der Waals surface area contributed by atoms with E-state index in [-0.39, 0.29) is 18.1 Å². The molecule has 154 valence electrons. The van der Waals surface area contributed by atoms with Gasteiger partial charge in [0.05, 0.1) is 5.39 Å². The summed E-state index contributed by atoms with van der Waals surface area (Å²) in [5.74, 6) is -0.874. The lowest BCUT2D eigenvalue weighted by molar-refractivity contribution is 0.530. The van der Waals surface area contributed by atoms with Crippen LogP contribution in [0.3, 0.4) is 0 Å². The topological polar surface area (TPSA) is 50.2 Å². The zero-order valence-electron chi connectivity index (χ0n) is 16.1. The van der Waals surface area contributed by atoms with Crippen LogP contribution in [0.2, 0.25) is 0 Å². The molecule has 4 rings (SSSR count). The maximum absolute atomic E-state index is 14.4. The van der Waals surface area contributed by atoms with Gasteiger partial charge in [0, 0.05) is 30.6 Å². The first-order valence-electron chi connectivity index (χ1n) is 9.48. The molecule has 0 spiro atoms. The van der Waals surface area contributed by atoms with Gasteiger partial charge in [0.2, 0.25) is 0 Å². The van der Waals surface area contributed by atoms with E-state index in [1.165, 1.54) is 6.07 Å². The summed E-state index contributed by atoms with van der Waals surface area (Å²) in [4.78, 5) is 15.1. The van der Waals surface area contributed by atoms with Crippen molar-refractivity contribution in [3.05, 3.63) is 64.5 Å². The number of benzene rings is 2. The molecule has 0 saturated carbocycles. The molecule has 0 aliphatic carbocycles. The number of rotatable bonds is 3. The van der Waals surface area contributed by atoms with E-state index in [0.29, 0.717) is 17.2 Å². The number of aromatic nitrogens is 2. The van der Waals surface area contributed by atoms with Gasteiger partial charge < -0.3 is 10.2 Å². The van der Waals surface area contributed by atoms with Crippen molar-refractivity contribution in [3.63, 3.8) is 0 Å². The van der Waals surface area contributed by atoms with Crippen molar-refractivity contribution in [2.45, 2.75) is 25.3 Å². The summed E-state index contributed by atoms with van der Waals surface area (Å²) >= 11 is 0. The van der Waals surface area contributed by atoms with Gasteiger partial charge in [-0.25, -0.2) is 8.78 Å². The third kappa shape index (κ3) is 4.11. The third-order valence-electron chi connectivity index (χ3n) is 5.30. The van der Waals surface area contributed by atoms with E-state index < -0.39 is 17.2 Å². The van der Waals surface area contributed by atoms with E-state index in [4.69, 9.17) is 0 Å². The van der Waals surface area contributed by atoms with Crippen molar-refractivity contribution in [2.24, 2.45) is 0 Å². The van der Waals surface area contributed by atoms with Gasteiger partial charge in [0.25, 0.3) is 5.56 Å². The third-order valence-corrected chi connectivity index (χ3v) is 5.30. The van der Waals surface area contributed by atoms with Gasteiger partial charge in [-0.15, -0.1) is 17.5 Å². The average Bonchev–Trinajstić information content (AvgIpc) is 2.95. The summed E-state index contributed by atoms with van der Waals surface area (Å²) in [6.45, 7) is 1.55. The first kappa shape index (κ1) is 21.2. The van der Waals surface area contributed by atoms with Crippen LogP contribution in [0.5, 0.6) is 0 Å². The van der Waals surface area contributed by atoms with Gasteiger partial charge in [-0.2, -0.15) is 4.68 Å². The maximum atomic E-state index is 14.4. The van der Waals surface area contributed by atoms with Crippen LogP contribution in [-0.4, -0.2) is 36.0 Å². The summed E-state index contributed by atoms with van der Waals surface area (Å²) in [6, 6.07) is 10.7. The zero-order valence-corrected chi connectivity index (χ0v) is 16.9. The molecule has 0 radical (unpaired) electrons. The van der Waals surface area contributed by atoms with Crippen molar-refractivity contribution in [2.75, 3.05) is 25.0 Å². The highest BCUT2D eigenvalue weighted by atomic mass is 35.5. The van der Waals surface area contributed by atoms with E-state index in [0.717, 1.165) is 54.6 Å². The molecule has 1 fully saturated rings. The normalized spacial score (nSPS) is 17.1. The molecule has 1 aliphatic heterocycles. The Morgan fingerprint density at radius 3 is 2.59 bits per heavy atom. The number of hydrogen-bond acceptors (Lipinski definition) is 4. The fraction of sp³-hybridized carbons (Fsp3) is 0.333. The summed E-state index contributed by atoms with van der Waals surface area (Å²) in [7, 11) is 1.94. The van der Waals surface area contributed by atoms with Crippen LogP contribution in [0.25, 0.3) is 16.5 Å². The number of nitrogens with one attached hydrogen (secondary N) is 1. The standard InChI is InChI=1S/C21H22F2N4O.ClH/c1-24-15-6-4-5-11-26(13-15)20-16-7-2-3-8-17(16)21(28)27(25-20)19-10-9-14(22)12-18(19)23;/h2-3,7-10,12,15,24H,4-6,11,13H2,1H3;1H/t15-;/m1./s1. The van der Waals surface area contributed by atoms with E-state index in [9.17, 15) is 13.6 Å². The van der Waals surface area contributed by atoms with Crippen molar-refractivity contribution in [1.29, 1.82) is 0 Å². The molecule has 1 aliphatic rings. The summed E-state index contributed by atoms with van der Waals surface area (Å²) in [6.07, 6.45) is 3.18. The Morgan fingerprint density at radius 2 is 1.86 bits per heavy atom. The molecule has 1 aromatic heterocycles. The molecule has 8 heteroatoms. The van der Waals surface area contributed by atoms with Crippen LogP contribution >= 0.6 is 12.4 Å². The molecule has 2 heterocycles. The van der Waals surface area contributed by atoms with Crippen LogP contribution in [0.1, 0.15) is 19.3 Å². The van der Waals surface area contributed by atoms with E-state index in [1.807, 2.05) is 19.2 Å². The lowest BCUT2D eigenvalue weighted by Crippen LogP contribution is -2.39. The summed E-state index contributed by atoms with van der Waals surface area (Å²) in [5.41, 5.74) is -0.483. The second-order valence-electron chi connectivity index (χ2n) is 7.11. The van der Waals surface area contributed by atoms with Gasteiger partial charge in [0.1, 0.15) is 11.5 Å². The number of likely N-dealkylation sites (N-methyl/N-ethyl adjacent to an activating group) is 1. The molecule has 5 nitrogen and oxygen atoms in total. The second kappa shape index (κ2) is 8.88. The molecular weight excluding hydrogens is 398 g/mol. The molecular formula is C21H23ClF2N4O. The molecule has 1 N–H and O–H groups in total. The second-order valence-corrected chi connectivity index (χ2v) is 7.11. The largest absolute Gasteiger partial charge is 0.353 e. The van der Waals surface area contributed by atoms with Gasteiger partial charge >= 0.3 is 0 Å². The lowest BCUT2D eigenvalue weighted by Gasteiger charge is -2.27. The SMILES string of the molecule is CN[C@@H]1CCCCN(c2nn(-c3ccc(F)cc3F)c(=O)c3ccccc23)C1.Cl. The number of fused-ring (bicyclic) bond motifs is 1. The number of nitrogens with zero attached hydrogens (tertiary/aromatic N) is 3.